The van der Waals surface area contributed by atoms with Crippen LogP contribution in [0.4, 0.5) is 0 Å². The van der Waals surface area contributed by atoms with Gasteiger partial charge in [0.1, 0.15) is 13.2 Å². The number of rotatable bonds is 0. The van der Waals surface area contributed by atoms with Crippen molar-refractivity contribution in [1.82, 2.24) is 0 Å². The molecule has 1 heterocycles. The van der Waals surface area contributed by atoms with Crippen molar-refractivity contribution in [3.05, 3.63) is 0 Å². The van der Waals surface area contributed by atoms with E-state index in [1.807, 2.05) is 0 Å². The number of hydrogen-bond acceptors (Lipinski definition) is 5. The fourth-order valence-electron chi connectivity index (χ4n) is 0.297. The third-order valence-electron chi connectivity index (χ3n) is 0.551. The maximum absolute atomic E-state index is 8.39. The van der Waals surface area contributed by atoms with Crippen molar-refractivity contribution < 1.29 is 24.4 Å². The van der Waals surface area contributed by atoms with Gasteiger partial charge in [-0.05, 0) is 0 Å². The smallest absolute Gasteiger partial charge is 0.399 e. The first-order valence-electron chi connectivity index (χ1n) is 2.14. The summed E-state index contributed by atoms with van der Waals surface area (Å²) in [6, 6.07) is 0. The zero-order valence-electron chi connectivity index (χ0n) is 4.07. The van der Waals surface area contributed by atoms with Crippen LogP contribution in [0.15, 0.2) is 0 Å². The van der Waals surface area contributed by atoms with E-state index in [-0.39, 0.29) is 13.2 Å². The monoisotopic (exact) mass is 120 g/mol. The van der Waals surface area contributed by atoms with Crippen LogP contribution < -0.4 is 0 Å². The second-order valence-electron chi connectivity index (χ2n) is 1.14. The third kappa shape index (κ3) is 1.77. The molecule has 0 radical (unpaired) electrons. The molecule has 0 aromatic rings. The van der Waals surface area contributed by atoms with Crippen molar-refractivity contribution in [3.63, 3.8) is 0 Å². The minimum absolute atomic E-state index is 0.261. The summed E-state index contributed by atoms with van der Waals surface area (Å²) in [6.45, 7) is 0.522. The normalized spacial score (nSPS) is 22.9. The summed E-state index contributed by atoms with van der Waals surface area (Å²) in [4.78, 5) is 16.8. The highest BCUT2D eigenvalue weighted by molar-refractivity contribution is 6.33. The fourth-order valence-corrected chi connectivity index (χ4v) is 0.297. The number of hydrogen-bond donors (Lipinski definition) is 1. The van der Waals surface area contributed by atoms with Crippen LogP contribution in [0.3, 0.4) is 0 Å². The van der Waals surface area contributed by atoms with Gasteiger partial charge in [-0.3, -0.25) is 0 Å². The topological polar surface area (TPSA) is 57.2 Å². The molecule has 1 aliphatic rings. The molecule has 0 atom stereocenters. The van der Waals surface area contributed by atoms with E-state index in [4.69, 9.17) is 5.02 Å². The molecule has 0 unspecified atom stereocenters. The van der Waals surface area contributed by atoms with Crippen LogP contribution >= 0.6 is 0 Å². The molecule has 1 rings (SSSR count). The first kappa shape index (κ1) is 5.99. The Morgan fingerprint density at radius 1 is 1.12 bits per heavy atom. The molecule has 0 bridgehead atoms. The van der Waals surface area contributed by atoms with Gasteiger partial charge in [0.25, 0.3) is 0 Å². The fraction of sp³-hybridized carbons (Fsp3) is 1.00. The van der Waals surface area contributed by atoms with Gasteiger partial charge in [-0.15, -0.1) is 0 Å². The van der Waals surface area contributed by atoms with Gasteiger partial charge in [0.05, 0.1) is 0 Å². The second kappa shape index (κ2) is 3.00. The Bertz CT molecular complexity index is 59.4. The van der Waals surface area contributed by atoms with Crippen LogP contribution in [0, 0.1) is 0 Å². The van der Waals surface area contributed by atoms with Gasteiger partial charge >= 0.3 is 7.32 Å². The van der Waals surface area contributed by atoms with Crippen LogP contribution in [0.5, 0.6) is 0 Å². The Kier molecular flexibility index (Phi) is 2.25. The highest BCUT2D eigenvalue weighted by Crippen LogP contribution is 1.93. The summed E-state index contributed by atoms with van der Waals surface area (Å²) in [6.07, 6.45) is 0. The lowest BCUT2D eigenvalue weighted by molar-refractivity contribution is -0.240. The Labute approximate surface area is 46.1 Å². The highest BCUT2D eigenvalue weighted by atomic mass is 17.3. The Morgan fingerprint density at radius 2 is 1.62 bits per heavy atom. The maximum Gasteiger partial charge on any atom is 0.694 e. The molecule has 5 nitrogen and oxygen atoms in total. The lowest BCUT2D eigenvalue weighted by atomic mass is 10.3. The van der Waals surface area contributed by atoms with Crippen LogP contribution in [0.25, 0.3) is 0 Å². The molecule has 0 amide bonds. The molecular weight excluding hydrogens is 115 g/mol. The molecule has 6 heteroatoms. The van der Waals surface area contributed by atoms with Gasteiger partial charge in [-0.2, -0.15) is 0 Å². The van der Waals surface area contributed by atoms with Crippen LogP contribution in [-0.4, -0.2) is 25.6 Å². The van der Waals surface area contributed by atoms with Crippen LogP contribution in [0.1, 0.15) is 0 Å². The SMILES string of the molecule is OB1OOCCOO1. The van der Waals surface area contributed by atoms with E-state index in [0.29, 0.717) is 0 Å². The van der Waals surface area contributed by atoms with E-state index < -0.39 is 7.32 Å². The molecule has 8 heavy (non-hydrogen) atoms. The lowest BCUT2D eigenvalue weighted by Gasteiger charge is -1.95. The predicted octanol–water partition coefficient (Wildman–Crippen LogP) is -1.13. The van der Waals surface area contributed by atoms with Gasteiger partial charge in [0, 0.05) is 0 Å². The van der Waals surface area contributed by atoms with Crippen molar-refractivity contribution in [2.45, 2.75) is 0 Å². The molecule has 0 aromatic heterocycles. The molecule has 0 spiro atoms. The summed E-state index contributed by atoms with van der Waals surface area (Å²) >= 11 is 0. The van der Waals surface area contributed by atoms with Gasteiger partial charge in [0.2, 0.25) is 0 Å². The zero-order valence-corrected chi connectivity index (χ0v) is 4.07. The molecule has 0 saturated carbocycles. The average molecular weight is 120 g/mol. The van der Waals surface area contributed by atoms with E-state index in [2.05, 4.69) is 19.4 Å². The standard InChI is InChI=1S/C2H5BO5/c4-3-7-5-1-2-6-8-3/h4H,1-2H2. The maximum atomic E-state index is 8.39. The molecule has 1 N–H and O–H groups in total. The van der Waals surface area contributed by atoms with E-state index >= 15 is 0 Å². The summed E-state index contributed by atoms with van der Waals surface area (Å²) in [5.74, 6) is 0. The molecule has 1 aliphatic heterocycles. The largest absolute Gasteiger partial charge is 0.694 e. The lowest BCUT2D eigenvalue weighted by Crippen LogP contribution is -2.19. The summed E-state index contributed by atoms with van der Waals surface area (Å²) < 4.78 is 0. The highest BCUT2D eigenvalue weighted by Gasteiger charge is 2.21. The average Bonchev–Trinajstić information content (AvgIpc) is 1.94. The first-order valence-corrected chi connectivity index (χ1v) is 2.14. The summed E-state index contributed by atoms with van der Waals surface area (Å²) in [5.41, 5.74) is 0. The van der Waals surface area contributed by atoms with Crippen molar-refractivity contribution in [3.8, 4) is 0 Å². The van der Waals surface area contributed by atoms with E-state index in [1.165, 1.54) is 0 Å². The van der Waals surface area contributed by atoms with Crippen molar-refractivity contribution in [2.75, 3.05) is 13.2 Å². The van der Waals surface area contributed by atoms with Gasteiger partial charge in [-0.1, -0.05) is 0 Å². The van der Waals surface area contributed by atoms with Crippen molar-refractivity contribution in [2.24, 2.45) is 0 Å². The van der Waals surface area contributed by atoms with Gasteiger partial charge in [0.15, 0.2) is 0 Å². The minimum Gasteiger partial charge on any atom is -0.399 e. The predicted molar refractivity (Wildman–Crippen MR) is 22.0 cm³/mol. The first-order chi connectivity index (χ1) is 3.89. The molecule has 1 saturated heterocycles. The van der Waals surface area contributed by atoms with E-state index in [0.717, 1.165) is 0 Å². The van der Waals surface area contributed by atoms with Gasteiger partial charge < -0.3 is 5.02 Å². The Hall–Kier alpha value is -0.135. The van der Waals surface area contributed by atoms with Crippen LogP contribution in [0.2, 0.25) is 0 Å². The second-order valence-corrected chi connectivity index (χ2v) is 1.14. The minimum atomic E-state index is -1.42. The molecule has 0 aromatic carbocycles. The summed E-state index contributed by atoms with van der Waals surface area (Å²) in [7, 11) is -1.42. The molecule has 46 valence electrons. The van der Waals surface area contributed by atoms with Gasteiger partial charge in [-0.25, -0.2) is 19.4 Å². The quantitative estimate of drug-likeness (QED) is 0.324. The molecular formula is C2H5BO5. The molecule has 0 aliphatic carbocycles. The Balaban J connectivity index is 2.17. The summed E-state index contributed by atoms with van der Waals surface area (Å²) in [5, 5.41) is 8.39. The Morgan fingerprint density at radius 3 is 2.12 bits per heavy atom. The zero-order chi connectivity index (χ0) is 5.82. The molecule has 1 fully saturated rings. The van der Waals surface area contributed by atoms with Crippen molar-refractivity contribution in [1.29, 1.82) is 0 Å². The van der Waals surface area contributed by atoms with Crippen molar-refractivity contribution >= 4 is 7.32 Å². The van der Waals surface area contributed by atoms with E-state index in [9.17, 15) is 0 Å². The van der Waals surface area contributed by atoms with Crippen LogP contribution in [-0.2, 0) is 19.4 Å². The third-order valence-corrected chi connectivity index (χ3v) is 0.551. The van der Waals surface area contributed by atoms with E-state index in [1.54, 1.807) is 0 Å².